The van der Waals surface area contributed by atoms with Crippen molar-refractivity contribution in [1.82, 2.24) is 0 Å². The zero-order valence-corrected chi connectivity index (χ0v) is 10.3. The second-order valence-electron chi connectivity index (χ2n) is 3.50. The number of unbranched alkanes of at least 4 members (excludes halogenated alkanes) is 2. The summed E-state index contributed by atoms with van der Waals surface area (Å²) in [5, 5.41) is 5.65. The molecule has 8 nitrogen and oxygen atoms in total. The standard InChI is InChI=1S/C6H17NO7P2/c7-6(15(9,10)11,16(12,13)14)4-2-1-3-5-8/h8H,1-5,7H2,(H2,9,10,11)(H2,12,13,14). The Balaban J connectivity index is 4.73. The molecule has 98 valence electrons. The molecule has 0 aliphatic rings. The van der Waals surface area contributed by atoms with Crippen molar-refractivity contribution in [3.05, 3.63) is 0 Å². The summed E-state index contributed by atoms with van der Waals surface area (Å²) >= 11 is 0. The van der Waals surface area contributed by atoms with E-state index in [0.717, 1.165) is 0 Å². The summed E-state index contributed by atoms with van der Waals surface area (Å²) < 4.78 is 22.0. The van der Waals surface area contributed by atoms with Gasteiger partial charge in [0.1, 0.15) is 0 Å². The van der Waals surface area contributed by atoms with Gasteiger partial charge in [-0.2, -0.15) is 0 Å². The quantitative estimate of drug-likeness (QED) is 0.268. The SMILES string of the molecule is NC(CCCCCO)(P(=O)(O)O)P(=O)(O)O. The Labute approximate surface area is 92.8 Å². The van der Waals surface area contributed by atoms with Gasteiger partial charge in [0.15, 0.2) is 0 Å². The number of rotatable bonds is 7. The summed E-state index contributed by atoms with van der Waals surface area (Å²) in [6.45, 7) is -0.0939. The molecular formula is C6H17NO7P2. The van der Waals surface area contributed by atoms with Crippen LogP contribution in [0, 0.1) is 0 Å². The Hall–Kier alpha value is 0.220. The third-order valence-corrected chi connectivity index (χ3v) is 6.24. The predicted molar refractivity (Wildman–Crippen MR) is 56.6 cm³/mol. The monoisotopic (exact) mass is 277 g/mol. The van der Waals surface area contributed by atoms with Gasteiger partial charge in [-0.25, -0.2) is 0 Å². The van der Waals surface area contributed by atoms with E-state index in [4.69, 9.17) is 30.4 Å². The molecule has 0 aromatic rings. The van der Waals surface area contributed by atoms with Gasteiger partial charge < -0.3 is 30.4 Å². The Bertz CT molecular complexity index is 286. The van der Waals surface area contributed by atoms with Crippen LogP contribution in [-0.4, -0.2) is 36.3 Å². The zero-order valence-electron chi connectivity index (χ0n) is 8.56. The van der Waals surface area contributed by atoms with Crippen LogP contribution in [0.2, 0.25) is 0 Å². The van der Waals surface area contributed by atoms with E-state index in [-0.39, 0.29) is 13.0 Å². The fourth-order valence-electron chi connectivity index (χ4n) is 1.13. The Morgan fingerprint density at radius 3 is 1.69 bits per heavy atom. The van der Waals surface area contributed by atoms with E-state index in [1.54, 1.807) is 0 Å². The molecule has 0 atom stereocenters. The number of aliphatic hydroxyl groups is 1. The summed E-state index contributed by atoms with van der Waals surface area (Å²) in [5.74, 6) is 0. The van der Waals surface area contributed by atoms with Gasteiger partial charge in [-0.3, -0.25) is 9.13 Å². The third-order valence-electron chi connectivity index (χ3n) is 2.21. The van der Waals surface area contributed by atoms with Gasteiger partial charge in [-0.15, -0.1) is 0 Å². The number of hydrogen-bond donors (Lipinski definition) is 6. The van der Waals surface area contributed by atoms with Crippen LogP contribution in [-0.2, 0) is 9.13 Å². The predicted octanol–water partition coefficient (Wildman–Crippen LogP) is -0.493. The highest BCUT2D eigenvalue weighted by molar-refractivity contribution is 7.72. The first-order chi connectivity index (χ1) is 7.06. The van der Waals surface area contributed by atoms with Gasteiger partial charge in [0, 0.05) is 6.61 Å². The highest BCUT2D eigenvalue weighted by Crippen LogP contribution is 2.67. The molecule has 0 fully saturated rings. The van der Waals surface area contributed by atoms with Crippen molar-refractivity contribution in [2.75, 3.05) is 6.61 Å². The van der Waals surface area contributed by atoms with Gasteiger partial charge in [-0.1, -0.05) is 12.8 Å². The normalized spacial score (nSPS) is 14.1. The first-order valence-electron chi connectivity index (χ1n) is 4.57. The molecule has 0 rings (SSSR count). The molecule has 0 radical (unpaired) electrons. The van der Waals surface area contributed by atoms with Gasteiger partial charge in [-0.05, 0) is 12.8 Å². The van der Waals surface area contributed by atoms with Gasteiger partial charge in [0.05, 0.1) is 0 Å². The minimum absolute atomic E-state index is 0.0939. The van der Waals surface area contributed by atoms with Crippen LogP contribution in [0.3, 0.4) is 0 Å². The first-order valence-corrected chi connectivity index (χ1v) is 7.80. The molecule has 0 heterocycles. The molecule has 0 spiro atoms. The molecule has 0 bridgehead atoms. The molecule has 0 saturated heterocycles. The Kier molecular flexibility index (Phi) is 5.79. The van der Waals surface area contributed by atoms with Crippen LogP contribution in [0.5, 0.6) is 0 Å². The van der Waals surface area contributed by atoms with Crippen molar-refractivity contribution in [3.8, 4) is 0 Å². The maximum absolute atomic E-state index is 11.0. The molecule has 0 amide bonds. The molecule has 0 saturated carbocycles. The van der Waals surface area contributed by atoms with Crippen LogP contribution in [0.15, 0.2) is 0 Å². The van der Waals surface area contributed by atoms with Gasteiger partial charge in [0.25, 0.3) is 0 Å². The highest BCUT2D eigenvalue weighted by Gasteiger charge is 2.56. The molecule has 0 aromatic carbocycles. The second-order valence-corrected chi connectivity index (χ2v) is 7.63. The number of hydrogen-bond acceptors (Lipinski definition) is 4. The minimum Gasteiger partial charge on any atom is -0.396 e. The van der Waals surface area contributed by atoms with Crippen molar-refractivity contribution in [2.45, 2.75) is 30.7 Å². The molecule has 0 aliphatic heterocycles. The topological polar surface area (TPSA) is 161 Å². The molecule has 16 heavy (non-hydrogen) atoms. The van der Waals surface area contributed by atoms with Crippen LogP contribution in [0.1, 0.15) is 25.7 Å². The van der Waals surface area contributed by atoms with Crippen molar-refractivity contribution in [2.24, 2.45) is 5.73 Å². The van der Waals surface area contributed by atoms with Crippen LogP contribution < -0.4 is 5.73 Å². The third kappa shape index (κ3) is 3.91. The van der Waals surface area contributed by atoms with E-state index in [1.807, 2.05) is 0 Å². The zero-order chi connectivity index (χ0) is 13.0. The average molecular weight is 277 g/mol. The summed E-state index contributed by atoms with van der Waals surface area (Å²) in [4.78, 5) is 35.5. The second kappa shape index (κ2) is 5.71. The van der Waals surface area contributed by atoms with Gasteiger partial charge in [0.2, 0.25) is 5.02 Å². The number of aliphatic hydroxyl groups excluding tert-OH is 1. The number of nitrogens with two attached hydrogens (primary N) is 1. The van der Waals surface area contributed by atoms with Crippen molar-refractivity contribution < 1.29 is 33.8 Å². The maximum Gasteiger partial charge on any atom is 0.357 e. The molecule has 0 aliphatic carbocycles. The largest absolute Gasteiger partial charge is 0.396 e. The molecular weight excluding hydrogens is 260 g/mol. The summed E-state index contributed by atoms with van der Waals surface area (Å²) in [6, 6.07) is 0. The highest BCUT2D eigenvalue weighted by atomic mass is 31.2. The average Bonchev–Trinajstić information content (AvgIpc) is 2.08. The van der Waals surface area contributed by atoms with Crippen molar-refractivity contribution >= 4 is 15.2 Å². The first kappa shape index (κ1) is 16.2. The van der Waals surface area contributed by atoms with Crippen LogP contribution in [0.25, 0.3) is 0 Å². The van der Waals surface area contributed by atoms with Crippen LogP contribution >= 0.6 is 15.2 Å². The lowest BCUT2D eigenvalue weighted by molar-refractivity contribution is 0.277. The van der Waals surface area contributed by atoms with Gasteiger partial charge >= 0.3 is 15.2 Å². The van der Waals surface area contributed by atoms with E-state index >= 15 is 0 Å². The van der Waals surface area contributed by atoms with Crippen molar-refractivity contribution in [3.63, 3.8) is 0 Å². The lowest BCUT2D eigenvalue weighted by atomic mass is 10.2. The van der Waals surface area contributed by atoms with E-state index in [0.29, 0.717) is 12.8 Å². The summed E-state index contributed by atoms with van der Waals surface area (Å²) in [6.07, 6.45) is 0.392. The molecule has 0 unspecified atom stereocenters. The summed E-state index contributed by atoms with van der Waals surface area (Å²) in [5.41, 5.74) is 5.15. The fraction of sp³-hybridized carbons (Fsp3) is 1.00. The molecule has 0 aromatic heterocycles. The Morgan fingerprint density at radius 1 is 0.938 bits per heavy atom. The molecule has 10 heteroatoms. The lowest BCUT2D eigenvalue weighted by Crippen LogP contribution is -2.39. The Morgan fingerprint density at radius 2 is 1.38 bits per heavy atom. The van der Waals surface area contributed by atoms with Crippen LogP contribution in [0.4, 0.5) is 0 Å². The van der Waals surface area contributed by atoms with E-state index in [1.165, 1.54) is 0 Å². The van der Waals surface area contributed by atoms with E-state index in [2.05, 4.69) is 0 Å². The summed E-state index contributed by atoms with van der Waals surface area (Å²) in [7, 11) is -10.2. The van der Waals surface area contributed by atoms with E-state index < -0.39 is 26.6 Å². The fourth-order valence-corrected chi connectivity index (χ4v) is 3.39. The lowest BCUT2D eigenvalue weighted by Gasteiger charge is -2.30. The van der Waals surface area contributed by atoms with E-state index in [9.17, 15) is 9.13 Å². The minimum atomic E-state index is -5.11. The smallest absolute Gasteiger partial charge is 0.357 e. The molecule has 7 N–H and O–H groups in total. The maximum atomic E-state index is 11.0. The van der Waals surface area contributed by atoms with Crippen molar-refractivity contribution in [1.29, 1.82) is 0 Å².